The largest absolute Gasteiger partial charge is 0.354 e. The van der Waals surface area contributed by atoms with Crippen molar-refractivity contribution < 1.29 is 9.59 Å². The van der Waals surface area contributed by atoms with Gasteiger partial charge in [-0.3, -0.25) is 9.59 Å². The van der Waals surface area contributed by atoms with E-state index in [0.717, 1.165) is 6.42 Å². The Morgan fingerprint density at radius 2 is 2.00 bits per heavy atom. The van der Waals surface area contributed by atoms with Gasteiger partial charge in [0.25, 0.3) is 0 Å². The molecular formula is C17H23N5O2. The number of aryl methyl sites for hydroxylation is 1. The molecule has 0 fully saturated rings. The van der Waals surface area contributed by atoms with Crippen LogP contribution in [0.25, 0.3) is 0 Å². The molecule has 2 amide bonds. The van der Waals surface area contributed by atoms with Gasteiger partial charge in [0.15, 0.2) is 5.82 Å². The van der Waals surface area contributed by atoms with Gasteiger partial charge in [-0.15, -0.1) is 5.10 Å². The number of nitrogens with zero attached hydrogens (tertiary/aromatic N) is 3. The Bertz CT molecular complexity index is 709. The Kier molecular flexibility index (Phi) is 6.06. The second kappa shape index (κ2) is 8.24. The van der Waals surface area contributed by atoms with Crippen LogP contribution in [0, 0.1) is 12.8 Å². The molecule has 1 aromatic carbocycles. The molecule has 0 atom stereocenters. The first-order valence-electron chi connectivity index (χ1n) is 7.98. The number of hydrogen-bond donors (Lipinski definition) is 2. The average molecular weight is 329 g/mol. The highest BCUT2D eigenvalue weighted by atomic mass is 16.2. The lowest BCUT2D eigenvalue weighted by atomic mass is 10.1. The zero-order valence-corrected chi connectivity index (χ0v) is 14.2. The molecule has 0 saturated carbocycles. The molecule has 1 heterocycles. The van der Waals surface area contributed by atoms with Gasteiger partial charge in [-0.1, -0.05) is 43.3 Å². The van der Waals surface area contributed by atoms with E-state index in [4.69, 9.17) is 0 Å². The molecule has 0 aliphatic rings. The fourth-order valence-corrected chi connectivity index (χ4v) is 2.13. The standard InChI is InChI=1S/C17H23N5O2/c1-12(2)17(24)19-15-10-22(21-20-15)11-16(23)18-9-8-14-7-5-4-6-13(14)3/h4-7,10,12H,8-9,11H2,1-3H3,(H,18,23)(H,19,24). The van der Waals surface area contributed by atoms with E-state index in [1.807, 2.05) is 12.1 Å². The number of benzene rings is 1. The zero-order valence-electron chi connectivity index (χ0n) is 14.2. The predicted molar refractivity (Wildman–Crippen MR) is 91.4 cm³/mol. The number of nitrogens with one attached hydrogen (secondary N) is 2. The first kappa shape index (κ1) is 17.7. The number of anilines is 1. The van der Waals surface area contributed by atoms with Crippen molar-refractivity contribution in [1.29, 1.82) is 0 Å². The van der Waals surface area contributed by atoms with Crippen LogP contribution in [-0.4, -0.2) is 33.4 Å². The summed E-state index contributed by atoms with van der Waals surface area (Å²) < 4.78 is 1.40. The van der Waals surface area contributed by atoms with Crippen molar-refractivity contribution in [3.63, 3.8) is 0 Å². The predicted octanol–water partition coefficient (Wildman–Crippen LogP) is 1.54. The van der Waals surface area contributed by atoms with Crippen LogP contribution in [0.2, 0.25) is 0 Å². The van der Waals surface area contributed by atoms with E-state index in [-0.39, 0.29) is 24.3 Å². The molecule has 0 unspecified atom stereocenters. The lowest BCUT2D eigenvalue weighted by molar-refractivity contribution is -0.122. The number of carbonyl (C=O) groups is 2. The van der Waals surface area contributed by atoms with Crippen LogP contribution in [0.15, 0.2) is 30.5 Å². The summed E-state index contributed by atoms with van der Waals surface area (Å²) in [6, 6.07) is 8.10. The monoisotopic (exact) mass is 329 g/mol. The van der Waals surface area contributed by atoms with Crippen molar-refractivity contribution in [2.24, 2.45) is 5.92 Å². The highest BCUT2D eigenvalue weighted by Crippen LogP contribution is 2.07. The Morgan fingerprint density at radius 1 is 1.25 bits per heavy atom. The molecule has 2 rings (SSSR count). The number of hydrogen-bond acceptors (Lipinski definition) is 4. The van der Waals surface area contributed by atoms with Crippen LogP contribution in [-0.2, 0) is 22.6 Å². The molecule has 0 aliphatic carbocycles. The Balaban J connectivity index is 1.77. The third-order valence-corrected chi connectivity index (χ3v) is 3.60. The van der Waals surface area contributed by atoms with Crippen molar-refractivity contribution in [2.75, 3.05) is 11.9 Å². The minimum Gasteiger partial charge on any atom is -0.354 e. The summed E-state index contributed by atoms with van der Waals surface area (Å²) in [6.07, 6.45) is 2.33. The van der Waals surface area contributed by atoms with Gasteiger partial charge < -0.3 is 10.6 Å². The molecule has 24 heavy (non-hydrogen) atoms. The molecule has 0 aliphatic heterocycles. The molecule has 128 valence electrons. The van der Waals surface area contributed by atoms with Crippen LogP contribution < -0.4 is 10.6 Å². The van der Waals surface area contributed by atoms with Gasteiger partial charge >= 0.3 is 0 Å². The maximum Gasteiger partial charge on any atom is 0.241 e. The Morgan fingerprint density at radius 3 is 2.71 bits per heavy atom. The number of amides is 2. The van der Waals surface area contributed by atoms with Crippen LogP contribution >= 0.6 is 0 Å². The molecular weight excluding hydrogens is 306 g/mol. The van der Waals surface area contributed by atoms with E-state index in [9.17, 15) is 9.59 Å². The zero-order chi connectivity index (χ0) is 17.5. The number of carbonyl (C=O) groups excluding carboxylic acids is 2. The van der Waals surface area contributed by atoms with Crippen molar-refractivity contribution in [2.45, 2.75) is 33.7 Å². The number of rotatable bonds is 7. The summed E-state index contributed by atoms with van der Waals surface area (Å²) >= 11 is 0. The second-order valence-electron chi connectivity index (χ2n) is 5.97. The molecule has 2 N–H and O–H groups in total. The summed E-state index contributed by atoms with van der Waals surface area (Å²) in [5.41, 5.74) is 2.44. The summed E-state index contributed by atoms with van der Waals surface area (Å²) in [4.78, 5) is 23.5. The summed E-state index contributed by atoms with van der Waals surface area (Å²) in [7, 11) is 0. The molecule has 0 spiro atoms. The van der Waals surface area contributed by atoms with Crippen molar-refractivity contribution in [3.05, 3.63) is 41.6 Å². The van der Waals surface area contributed by atoms with Gasteiger partial charge in [0.1, 0.15) is 6.54 Å². The third kappa shape index (κ3) is 5.19. The fraction of sp³-hybridized carbons (Fsp3) is 0.412. The minimum atomic E-state index is -0.143. The highest BCUT2D eigenvalue weighted by molar-refractivity contribution is 5.90. The third-order valence-electron chi connectivity index (χ3n) is 3.60. The van der Waals surface area contributed by atoms with Crippen LogP contribution in [0.1, 0.15) is 25.0 Å². The van der Waals surface area contributed by atoms with E-state index < -0.39 is 0 Å². The van der Waals surface area contributed by atoms with Crippen molar-refractivity contribution in [1.82, 2.24) is 20.3 Å². The molecule has 0 radical (unpaired) electrons. The quantitative estimate of drug-likeness (QED) is 0.806. The van der Waals surface area contributed by atoms with Crippen LogP contribution in [0.4, 0.5) is 5.82 Å². The lowest BCUT2D eigenvalue weighted by Crippen LogP contribution is -2.29. The SMILES string of the molecule is Cc1ccccc1CCNC(=O)Cn1cc(NC(=O)C(C)C)nn1. The van der Waals surface area contributed by atoms with Gasteiger partial charge in [-0.25, -0.2) is 4.68 Å². The maximum absolute atomic E-state index is 11.9. The Hall–Kier alpha value is -2.70. The van der Waals surface area contributed by atoms with E-state index >= 15 is 0 Å². The molecule has 7 nitrogen and oxygen atoms in total. The van der Waals surface area contributed by atoms with Gasteiger partial charge in [-0.2, -0.15) is 0 Å². The van der Waals surface area contributed by atoms with Crippen LogP contribution in [0.3, 0.4) is 0 Å². The normalized spacial score (nSPS) is 10.7. The maximum atomic E-state index is 11.9. The van der Waals surface area contributed by atoms with Gasteiger partial charge in [0, 0.05) is 12.5 Å². The molecule has 7 heteroatoms. The summed E-state index contributed by atoms with van der Waals surface area (Å²) in [6.45, 7) is 6.27. The van der Waals surface area contributed by atoms with E-state index in [2.05, 4.69) is 40.0 Å². The van der Waals surface area contributed by atoms with E-state index in [1.54, 1.807) is 20.0 Å². The fourth-order valence-electron chi connectivity index (χ4n) is 2.13. The second-order valence-corrected chi connectivity index (χ2v) is 5.97. The molecule has 2 aromatic rings. The first-order chi connectivity index (χ1) is 11.5. The van der Waals surface area contributed by atoms with E-state index in [0.29, 0.717) is 12.4 Å². The highest BCUT2D eigenvalue weighted by Gasteiger charge is 2.11. The first-order valence-corrected chi connectivity index (χ1v) is 7.98. The lowest BCUT2D eigenvalue weighted by Gasteiger charge is -2.07. The number of aromatic nitrogens is 3. The van der Waals surface area contributed by atoms with Gasteiger partial charge in [0.05, 0.1) is 6.20 Å². The Labute approximate surface area is 141 Å². The van der Waals surface area contributed by atoms with E-state index in [1.165, 1.54) is 15.8 Å². The van der Waals surface area contributed by atoms with Gasteiger partial charge in [0.2, 0.25) is 11.8 Å². The van der Waals surface area contributed by atoms with Crippen LogP contribution in [0.5, 0.6) is 0 Å². The average Bonchev–Trinajstić information content (AvgIpc) is 2.96. The summed E-state index contributed by atoms with van der Waals surface area (Å²) in [5, 5.41) is 13.2. The molecule has 1 aromatic heterocycles. The van der Waals surface area contributed by atoms with Gasteiger partial charge in [-0.05, 0) is 24.5 Å². The molecule has 0 bridgehead atoms. The topological polar surface area (TPSA) is 88.9 Å². The smallest absolute Gasteiger partial charge is 0.241 e. The van der Waals surface area contributed by atoms with Crippen molar-refractivity contribution in [3.8, 4) is 0 Å². The minimum absolute atomic E-state index is 0.0678. The molecule has 0 saturated heterocycles. The summed E-state index contributed by atoms with van der Waals surface area (Å²) in [5.74, 6) is -0.0683. The van der Waals surface area contributed by atoms with Crippen molar-refractivity contribution >= 4 is 17.6 Å².